The van der Waals surface area contributed by atoms with Crippen LogP contribution in [0.3, 0.4) is 0 Å². The summed E-state index contributed by atoms with van der Waals surface area (Å²) < 4.78 is 13.9. The first kappa shape index (κ1) is 15.4. The van der Waals surface area contributed by atoms with Crippen LogP contribution in [0.15, 0.2) is 27.5 Å². The topological polar surface area (TPSA) is 83.0 Å². The van der Waals surface area contributed by atoms with Crippen LogP contribution in [0, 0.1) is 12.7 Å². The SMILES string of the molecule is Cc1nc(-c2cc(F)cc(Br)c2)[nH]c(=O)c1CCC(=O)O. The van der Waals surface area contributed by atoms with Gasteiger partial charge in [0, 0.05) is 27.7 Å². The lowest BCUT2D eigenvalue weighted by Crippen LogP contribution is -2.18. The van der Waals surface area contributed by atoms with Crippen molar-refractivity contribution in [3.8, 4) is 11.4 Å². The molecule has 0 unspecified atom stereocenters. The van der Waals surface area contributed by atoms with E-state index in [-0.39, 0.29) is 18.7 Å². The monoisotopic (exact) mass is 354 g/mol. The first-order valence-electron chi connectivity index (χ1n) is 6.15. The third kappa shape index (κ3) is 3.75. The highest BCUT2D eigenvalue weighted by Crippen LogP contribution is 2.22. The number of carboxylic acids is 1. The fraction of sp³-hybridized carbons (Fsp3) is 0.214. The standard InChI is InChI=1S/C14H12BrFN2O3/c1-7-11(2-3-12(19)20)14(21)18-13(17-7)8-4-9(15)6-10(16)5-8/h4-6H,2-3H2,1H3,(H,19,20)(H,17,18,21). The normalized spacial score (nSPS) is 10.6. The molecule has 0 amide bonds. The lowest BCUT2D eigenvalue weighted by molar-refractivity contribution is -0.136. The fourth-order valence-electron chi connectivity index (χ4n) is 1.96. The molecule has 1 aromatic heterocycles. The van der Waals surface area contributed by atoms with E-state index in [0.717, 1.165) is 0 Å². The summed E-state index contributed by atoms with van der Waals surface area (Å²) >= 11 is 3.18. The number of halogens is 2. The Kier molecular flexibility index (Phi) is 4.52. The molecule has 0 saturated heterocycles. The van der Waals surface area contributed by atoms with Crippen molar-refractivity contribution in [1.82, 2.24) is 9.97 Å². The molecule has 21 heavy (non-hydrogen) atoms. The Hall–Kier alpha value is -2.02. The van der Waals surface area contributed by atoms with Gasteiger partial charge in [-0.2, -0.15) is 0 Å². The number of hydrogen-bond acceptors (Lipinski definition) is 3. The summed E-state index contributed by atoms with van der Waals surface area (Å²) in [6.45, 7) is 1.63. The van der Waals surface area contributed by atoms with Crippen LogP contribution in [0.25, 0.3) is 11.4 Å². The molecule has 2 aromatic rings. The van der Waals surface area contributed by atoms with Gasteiger partial charge in [0.1, 0.15) is 11.6 Å². The number of aromatic nitrogens is 2. The van der Waals surface area contributed by atoms with Gasteiger partial charge >= 0.3 is 5.97 Å². The molecule has 2 rings (SSSR count). The van der Waals surface area contributed by atoms with Gasteiger partial charge < -0.3 is 10.1 Å². The van der Waals surface area contributed by atoms with Gasteiger partial charge in [0.05, 0.1) is 0 Å². The predicted molar refractivity (Wildman–Crippen MR) is 78.6 cm³/mol. The summed E-state index contributed by atoms with van der Waals surface area (Å²) in [6.07, 6.45) is -0.0346. The van der Waals surface area contributed by atoms with Crippen LogP contribution in [0.4, 0.5) is 4.39 Å². The van der Waals surface area contributed by atoms with E-state index in [2.05, 4.69) is 25.9 Å². The third-order valence-electron chi connectivity index (χ3n) is 2.95. The second-order valence-corrected chi connectivity index (χ2v) is 5.45. The van der Waals surface area contributed by atoms with Gasteiger partial charge in [-0.3, -0.25) is 9.59 Å². The Bertz CT molecular complexity index is 738. The zero-order chi connectivity index (χ0) is 15.6. The summed E-state index contributed by atoms with van der Waals surface area (Å²) in [7, 11) is 0. The highest BCUT2D eigenvalue weighted by molar-refractivity contribution is 9.10. The molecule has 0 bridgehead atoms. The molecule has 0 aliphatic heterocycles. The van der Waals surface area contributed by atoms with Gasteiger partial charge in [-0.25, -0.2) is 9.37 Å². The number of benzene rings is 1. The van der Waals surface area contributed by atoms with E-state index in [9.17, 15) is 14.0 Å². The van der Waals surface area contributed by atoms with Crippen molar-refractivity contribution in [1.29, 1.82) is 0 Å². The van der Waals surface area contributed by atoms with E-state index in [1.807, 2.05) is 0 Å². The van der Waals surface area contributed by atoms with E-state index in [1.165, 1.54) is 12.1 Å². The minimum Gasteiger partial charge on any atom is -0.481 e. The third-order valence-corrected chi connectivity index (χ3v) is 3.40. The molecule has 0 fully saturated rings. The maximum atomic E-state index is 13.4. The molecule has 5 nitrogen and oxygen atoms in total. The Balaban J connectivity index is 2.44. The number of hydrogen-bond donors (Lipinski definition) is 2. The lowest BCUT2D eigenvalue weighted by atomic mass is 10.1. The first-order valence-corrected chi connectivity index (χ1v) is 6.94. The molecule has 1 heterocycles. The van der Waals surface area contributed by atoms with Crippen LogP contribution >= 0.6 is 15.9 Å². The highest BCUT2D eigenvalue weighted by Gasteiger charge is 2.12. The maximum absolute atomic E-state index is 13.4. The Morgan fingerprint density at radius 2 is 2.14 bits per heavy atom. The number of H-pyrrole nitrogens is 1. The Morgan fingerprint density at radius 3 is 2.71 bits per heavy atom. The van der Waals surface area contributed by atoms with E-state index in [1.54, 1.807) is 13.0 Å². The van der Waals surface area contributed by atoms with Gasteiger partial charge in [0.15, 0.2) is 0 Å². The Labute approximate surface area is 128 Å². The van der Waals surface area contributed by atoms with E-state index in [0.29, 0.717) is 21.3 Å². The van der Waals surface area contributed by atoms with E-state index >= 15 is 0 Å². The number of aliphatic carboxylic acids is 1. The molecule has 0 spiro atoms. The van der Waals surface area contributed by atoms with Crippen molar-refractivity contribution in [2.24, 2.45) is 0 Å². The lowest BCUT2D eigenvalue weighted by Gasteiger charge is -2.07. The molecule has 0 atom stereocenters. The molecule has 110 valence electrons. The van der Waals surface area contributed by atoms with Gasteiger partial charge in [0.2, 0.25) is 0 Å². The summed E-state index contributed by atoms with van der Waals surface area (Å²) in [4.78, 5) is 29.4. The van der Waals surface area contributed by atoms with Gasteiger partial charge in [-0.05, 0) is 31.5 Å². The average Bonchev–Trinajstić information content (AvgIpc) is 2.36. The van der Waals surface area contributed by atoms with Gasteiger partial charge in [-0.1, -0.05) is 15.9 Å². The summed E-state index contributed by atoms with van der Waals surface area (Å²) in [5, 5.41) is 8.67. The summed E-state index contributed by atoms with van der Waals surface area (Å²) in [6, 6.07) is 4.20. The molecule has 1 aromatic carbocycles. The minimum atomic E-state index is -0.980. The molecule has 0 aliphatic rings. The van der Waals surface area contributed by atoms with E-state index < -0.39 is 17.3 Å². The van der Waals surface area contributed by atoms with Crippen LogP contribution in [0.2, 0.25) is 0 Å². The zero-order valence-corrected chi connectivity index (χ0v) is 12.7. The number of carbonyl (C=O) groups is 1. The second-order valence-electron chi connectivity index (χ2n) is 4.53. The highest BCUT2D eigenvalue weighted by atomic mass is 79.9. The summed E-state index contributed by atoms with van der Waals surface area (Å²) in [5.41, 5.74) is 0.804. The van der Waals surface area contributed by atoms with Crippen molar-refractivity contribution < 1.29 is 14.3 Å². The van der Waals surface area contributed by atoms with Crippen molar-refractivity contribution in [2.75, 3.05) is 0 Å². The number of carboxylic acid groups (broad SMARTS) is 1. The Morgan fingerprint density at radius 1 is 1.43 bits per heavy atom. The van der Waals surface area contributed by atoms with Crippen molar-refractivity contribution in [3.05, 3.63) is 50.1 Å². The molecule has 0 aliphatic carbocycles. The van der Waals surface area contributed by atoms with Crippen molar-refractivity contribution in [2.45, 2.75) is 19.8 Å². The van der Waals surface area contributed by atoms with Crippen molar-refractivity contribution in [3.63, 3.8) is 0 Å². The van der Waals surface area contributed by atoms with Gasteiger partial charge in [0.25, 0.3) is 5.56 Å². The molecular weight excluding hydrogens is 343 g/mol. The fourth-order valence-corrected chi connectivity index (χ4v) is 2.43. The number of aromatic amines is 1. The number of nitrogens with zero attached hydrogens (tertiary/aromatic N) is 1. The second kappa shape index (κ2) is 6.17. The van der Waals surface area contributed by atoms with Crippen LogP contribution in [0.1, 0.15) is 17.7 Å². The smallest absolute Gasteiger partial charge is 0.303 e. The molecule has 0 radical (unpaired) electrons. The van der Waals surface area contributed by atoms with Crippen LogP contribution in [-0.4, -0.2) is 21.0 Å². The molecule has 2 N–H and O–H groups in total. The minimum absolute atomic E-state index is 0.108. The van der Waals surface area contributed by atoms with Crippen LogP contribution in [0.5, 0.6) is 0 Å². The maximum Gasteiger partial charge on any atom is 0.303 e. The average molecular weight is 355 g/mol. The molecule has 0 saturated carbocycles. The largest absolute Gasteiger partial charge is 0.481 e. The number of rotatable bonds is 4. The van der Waals surface area contributed by atoms with Crippen molar-refractivity contribution >= 4 is 21.9 Å². The number of nitrogens with one attached hydrogen (secondary N) is 1. The molecule has 7 heteroatoms. The zero-order valence-electron chi connectivity index (χ0n) is 11.1. The van der Waals surface area contributed by atoms with Crippen LogP contribution < -0.4 is 5.56 Å². The first-order chi connectivity index (χ1) is 9.86. The molecular formula is C14H12BrFN2O3. The summed E-state index contributed by atoms with van der Waals surface area (Å²) in [5.74, 6) is -1.18. The quantitative estimate of drug-likeness (QED) is 0.883. The van der Waals surface area contributed by atoms with Crippen LogP contribution in [-0.2, 0) is 11.2 Å². The predicted octanol–water partition coefficient (Wildman–Crippen LogP) is 2.66. The van der Waals surface area contributed by atoms with Gasteiger partial charge in [-0.15, -0.1) is 0 Å². The number of aryl methyl sites for hydroxylation is 1. The van der Waals surface area contributed by atoms with E-state index in [4.69, 9.17) is 5.11 Å².